The highest BCUT2D eigenvalue weighted by molar-refractivity contribution is 7.89. The zero-order valence-corrected chi connectivity index (χ0v) is 17.8. The number of carbonyl (C=O) groups excluding carboxylic acids is 1. The van der Waals surface area contributed by atoms with Gasteiger partial charge in [-0.05, 0) is 55.8 Å². The number of aromatic nitrogens is 1. The SMILES string of the molecule is Cc1[nH]c2ccc(C(=O)N3CCN(S(=O)(=O)c4cccc(Cl)c4)CC3)cc2c1C. The first-order valence-electron chi connectivity index (χ1n) is 9.41. The summed E-state index contributed by atoms with van der Waals surface area (Å²) in [6.07, 6.45) is 0. The normalized spacial score (nSPS) is 15.8. The van der Waals surface area contributed by atoms with Crippen LogP contribution in [0.5, 0.6) is 0 Å². The van der Waals surface area contributed by atoms with Crippen LogP contribution in [-0.4, -0.2) is 54.7 Å². The lowest BCUT2D eigenvalue weighted by atomic mass is 10.1. The number of benzene rings is 2. The summed E-state index contributed by atoms with van der Waals surface area (Å²) >= 11 is 5.94. The van der Waals surface area contributed by atoms with Crippen LogP contribution in [-0.2, 0) is 10.0 Å². The zero-order valence-electron chi connectivity index (χ0n) is 16.3. The first-order valence-corrected chi connectivity index (χ1v) is 11.2. The molecule has 8 heteroatoms. The first kappa shape index (κ1) is 19.9. The number of aromatic amines is 1. The number of nitrogens with one attached hydrogen (secondary N) is 1. The summed E-state index contributed by atoms with van der Waals surface area (Å²) < 4.78 is 27.1. The predicted octanol–water partition coefficient (Wildman–Crippen LogP) is 3.58. The van der Waals surface area contributed by atoms with Crippen LogP contribution < -0.4 is 0 Å². The van der Waals surface area contributed by atoms with Gasteiger partial charge in [0.1, 0.15) is 0 Å². The quantitative estimate of drug-likeness (QED) is 0.688. The van der Waals surface area contributed by atoms with E-state index in [0.717, 1.165) is 22.2 Å². The molecule has 0 spiro atoms. The number of sulfonamides is 1. The van der Waals surface area contributed by atoms with Crippen molar-refractivity contribution < 1.29 is 13.2 Å². The Labute approximate surface area is 175 Å². The van der Waals surface area contributed by atoms with Gasteiger partial charge in [0.2, 0.25) is 10.0 Å². The number of carbonyl (C=O) groups is 1. The highest BCUT2D eigenvalue weighted by atomic mass is 35.5. The van der Waals surface area contributed by atoms with Crippen LogP contribution in [0.2, 0.25) is 5.02 Å². The maximum absolute atomic E-state index is 13.0. The van der Waals surface area contributed by atoms with Crippen molar-refractivity contribution in [1.82, 2.24) is 14.2 Å². The van der Waals surface area contributed by atoms with Crippen molar-refractivity contribution in [3.8, 4) is 0 Å². The molecule has 0 atom stereocenters. The molecule has 1 saturated heterocycles. The van der Waals surface area contributed by atoms with E-state index in [9.17, 15) is 13.2 Å². The van der Waals surface area contributed by atoms with Crippen molar-refractivity contribution in [1.29, 1.82) is 0 Å². The molecular formula is C21H22ClN3O3S. The molecule has 3 aromatic rings. The number of fused-ring (bicyclic) bond motifs is 1. The second-order valence-electron chi connectivity index (χ2n) is 7.29. The monoisotopic (exact) mass is 431 g/mol. The van der Waals surface area contributed by atoms with Crippen LogP contribution in [0, 0.1) is 13.8 Å². The minimum absolute atomic E-state index is 0.0787. The summed E-state index contributed by atoms with van der Waals surface area (Å²) in [6.45, 7) is 5.25. The molecule has 1 N–H and O–H groups in total. The highest BCUT2D eigenvalue weighted by Crippen LogP contribution is 2.24. The Morgan fingerprint density at radius 3 is 2.45 bits per heavy atom. The molecule has 0 bridgehead atoms. The van der Waals surface area contributed by atoms with Gasteiger partial charge >= 0.3 is 0 Å². The molecule has 0 aliphatic carbocycles. The second kappa shape index (κ2) is 7.48. The van der Waals surface area contributed by atoms with Crippen LogP contribution in [0.1, 0.15) is 21.6 Å². The number of rotatable bonds is 3. The third-order valence-corrected chi connectivity index (χ3v) is 7.64. The van der Waals surface area contributed by atoms with Crippen molar-refractivity contribution in [3.63, 3.8) is 0 Å². The largest absolute Gasteiger partial charge is 0.358 e. The summed E-state index contributed by atoms with van der Waals surface area (Å²) in [5.41, 5.74) is 3.84. The Hall–Kier alpha value is -2.35. The fourth-order valence-corrected chi connectivity index (χ4v) is 5.41. The number of aryl methyl sites for hydroxylation is 2. The molecule has 2 heterocycles. The molecule has 0 radical (unpaired) electrons. The Bertz CT molecular complexity index is 1200. The van der Waals surface area contributed by atoms with E-state index in [1.165, 1.54) is 16.4 Å². The lowest BCUT2D eigenvalue weighted by Gasteiger charge is -2.34. The standard InChI is InChI=1S/C21H22ClN3O3S/c1-14-15(2)23-20-7-6-16(12-19(14)20)21(26)24-8-10-25(11-9-24)29(27,28)18-5-3-4-17(22)13-18/h3-7,12-13,23H,8-11H2,1-2H3. The van der Waals surface area contributed by atoms with Crippen LogP contribution in [0.3, 0.4) is 0 Å². The second-order valence-corrected chi connectivity index (χ2v) is 9.66. The molecule has 1 aromatic heterocycles. The fourth-order valence-electron chi connectivity index (χ4n) is 3.68. The predicted molar refractivity (Wildman–Crippen MR) is 114 cm³/mol. The summed E-state index contributed by atoms with van der Waals surface area (Å²) in [5, 5.41) is 1.42. The Morgan fingerprint density at radius 1 is 1.03 bits per heavy atom. The minimum atomic E-state index is -3.62. The number of piperazine rings is 1. The average molecular weight is 432 g/mol. The van der Waals surface area contributed by atoms with Gasteiger partial charge in [0.15, 0.2) is 0 Å². The molecule has 152 valence electrons. The Kier molecular flexibility index (Phi) is 5.14. The van der Waals surface area contributed by atoms with Crippen LogP contribution >= 0.6 is 11.6 Å². The topological polar surface area (TPSA) is 73.5 Å². The van der Waals surface area contributed by atoms with Gasteiger partial charge in [-0.25, -0.2) is 8.42 Å². The zero-order chi connectivity index (χ0) is 20.8. The van der Waals surface area contributed by atoms with Gasteiger partial charge in [-0.1, -0.05) is 17.7 Å². The molecule has 4 rings (SSSR count). The van der Waals surface area contributed by atoms with E-state index in [4.69, 9.17) is 11.6 Å². The van der Waals surface area contributed by atoms with E-state index in [0.29, 0.717) is 23.7 Å². The van der Waals surface area contributed by atoms with Crippen molar-refractivity contribution in [2.75, 3.05) is 26.2 Å². The number of nitrogens with zero attached hydrogens (tertiary/aromatic N) is 2. The Balaban J connectivity index is 1.49. The average Bonchev–Trinajstić information content (AvgIpc) is 3.01. The number of hydrogen-bond donors (Lipinski definition) is 1. The molecule has 1 aliphatic rings. The molecule has 0 saturated carbocycles. The molecule has 29 heavy (non-hydrogen) atoms. The lowest BCUT2D eigenvalue weighted by Crippen LogP contribution is -2.50. The molecule has 1 aliphatic heterocycles. The molecular weight excluding hydrogens is 410 g/mol. The number of H-pyrrole nitrogens is 1. The molecule has 2 aromatic carbocycles. The van der Waals surface area contributed by atoms with Crippen molar-refractivity contribution in [2.45, 2.75) is 18.7 Å². The van der Waals surface area contributed by atoms with E-state index in [-0.39, 0.29) is 23.9 Å². The van der Waals surface area contributed by atoms with E-state index < -0.39 is 10.0 Å². The molecule has 0 unspecified atom stereocenters. The van der Waals surface area contributed by atoms with Crippen molar-refractivity contribution in [3.05, 3.63) is 64.3 Å². The Morgan fingerprint density at radius 2 is 1.76 bits per heavy atom. The van der Waals surface area contributed by atoms with Gasteiger partial charge in [-0.2, -0.15) is 4.31 Å². The number of amides is 1. The summed E-state index contributed by atoms with van der Waals surface area (Å²) in [6, 6.07) is 11.9. The van der Waals surface area contributed by atoms with Gasteiger partial charge in [0, 0.05) is 53.4 Å². The molecule has 1 amide bonds. The van der Waals surface area contributed by atoms with Crippen molar-refractivity contribution in [2.24, 2.45) is 0 Å². The van der Waals surface area contributed by atoms with Crippen LogP contribution in [0.15, 0.2) is 47.4 Å². The van der Waals surface area contributed by atoms with Crippen molar-refractivity contribution >= 4 is 38.4 Å². The maximum atomic E-state index is 13.0. The molecule has 1 fully saturated rings. The molecule has 6 nitrogen and oxygen atoms in total. The third-order valence-electron chi connectivity index (χ3n) is 5.51. The van der Waals surface area contributed by atoms with Gasteiger partial charge in [0.05, 0.1) is 4.90 Å². The lowest BCUT2D eigenvalue weighted by molar-refractivity contribution is 0.0698. The van der Waals surface area contributed by atoms with Gasteiger partial charge in [-0.3, -0.25) is 4.79 Å². The van der Waals surface area contributed by atoms with Crippen LogP contribution in [0.4, 0.5) is 0 Å². The fraction of sp³-hybridized carbons (Fsp3) is 0.286. The highest BCUT2D eigenvalue weighted by Gasteiger charge is 2.30. The smallest absolute Gasteiger partial charge is 0.253 e. The summed E-state index contributed by atoms with van der Waals surface area (Å²) in [4.78, 5) is 18.2. The van der Waals surface area contributed by atoms with E-state index >= 15 is 0 Å². The number of halogens is 1. The van der Waals surface area contributed by atoms with E-state index in [1.807, 2.05) is 32.0 Å². The van der Waals surface area contributed by atoms with Crippen LogP contribution in [0.25, 0.3) is 10.9 Å². The van der Waals surface area contributed by atoms with E-state index in [2.05, 4.69) is 4.98 Å². The minimum Gasteiger partial charge on any atom is -0.358 e. The van der Waals surface area contributed by atoms with Gasteiger partial charge < -0.3 is 9.88 Å². The maximum Gasteiger partial charge on any atom is 0.253 e. The summed E-state index contributed by atoms with van der Waals surface area (Å²) in [7, 11) is -3.62. The summed E-state index contributed by atoms with van der Waals surface area (Å²) in [5.74, 6) is -0.0787. The van der Waals surface area contributed by atoms with Gasteiger partial charge in [-0.15, -0.1) is 0 Å². The number of hydrogen-bond acceptors (Lipinski definition) is 3. The third kappa shape index (κ3) is 3.66. The first-order chi connectivity index (χ1) is 13.8. The van der Waals surface area contributed by atoms with E-state index in [1.54, 1.807) is 17.0 Å². The van der Waals surface area contributed by atoms with Gasteiger partial charge in [0.25, 0.3) is 5.91 Å².